The van der Waals surface area contributed by atoms with Gasteiger partial charge in [0.15, 0.2) is 0 Å². The molecule has 33 heavy (non-hydrogen) atoms. The van der Waals surface area contributed by atoms with Crippen molar-refractivity contribution in [3.8, 4) is 0 Å². The fourth-order valence-electron chi connectivity index (χ4n) is 4.92. The van der Waals surface area contributed by atoms with Gasteiger partial charge in [-0.2, -0.15) is 11.1 Å². The van der Waals surface area contributed by atoms with Crippen LogP contribution in [0, 0.1) is 19.9 Å². The van der Waals surface area contributed by atoms with Gasteiger partial charge in [0.2, 0.25) is 0 Å². The zero-order chi connectivity index (χ0) is 21.8. The topological polar surface area (TPSA) is 0 Å². The first kappa shape index (κ1) is 35.1. The van der Waals surface area contributed by atoms with E-state index in [-0.39, 0.29) is 64.0 Å². The van der Waals surface area contributed by atoms with Gasteiger partial charge in [-0.05, 0) is 13.8 Å². The molecule has 0 spiro atoms. The Kier molecular flexibility index (Phi) is 13.0. The van der Waals surface area contributed by atoms with Crippen molar-refractivity contribution >= 4 is 31.7 Å². The van der Waals surface area contributed by atoms with Crippen molar-refractivity contribution in [2.45, 2.75) is 72.8 Å². The zero-order valence-electron chi connectivity index (χ0n) is 21.7. The summed E-state index contributed by atoms with van der Waals surface area (Å²) in [6, 6.07) is 16.7. The van der Waals surface area contributed by atoms with Crippen LogP contribution in [0.5, 0.6) is 0 Å². The Morgan fingerprint density at radius 2 is 1.21 bits per heavy atom. The van der Waals surface area contributed by atoms with Crippen molar-refractivity contribution in [1.82, 2.24) is 0 Å². The van der Waals surface area contributed by atoms with Crippen LogP contribution < -0.4 is 52.8 Å². The molecule has 178 valence electrons. The number of benzene rings is 2. The number of rotatable bonds is 4. The van der Waals surface area contributed by atoms with Gasteiger partial charge in [0, 0.05) is 0 Å². The Morgan fingerprint density at radius 3 is 1.67 bits per heavy atom. The van der Waals surface area contributed by atoms with Crippen LogP contribution in [0.15, 0.2) is 59.2 Å². The third-order valence-corrected chi connectivity index (χ3v) is 14.9. The second-order valence-corrected chi connectivity index (χ2v) is 19.9. The van der Waals surface area contributed by atoms with Gasteiger partial charge in [0.25, 0.3) is 0 Å². The summed E-state index contributed by atoms with van der Waals surface area (Å²) in [4.78, 5) is 0. The van der Waals surface area contributed by atoms with Crippen molar-refractivity contribution < 1.29 is 58.9 Å². The molecule has 0 aromatic heterocycles. The van der Waals surface area contributed by atoms with Crippen LogP contribution in [0.4, 0.5) is 0 Å². The summed E-state index contributed by atoms with van der Waals surface area (Å²) < 4.78 is 0. The van der Waals surface area contributed by atoms with Crippen LogP contribution in [0.1, 0.15) is 38.8 Å². The quantitative estimate of drug-likeness (QED) is 0.270. The molecule has 2 atom stereocenters. The summed E-state index contributed by atoms with van der Waals surface area (Å²) in [6.07, 6.45) is 3.98. The van der Waals surface area contributed by atoms with Crippen LogP contribution in [-0.4, -0.2) is 16.1 Å². The van der Waals surface area contributed by atoms with Gasteiger partial charge in [0.1, 0.15) is 8.07 Å². The molecule has 0 nitrogen and oxygen atoms in total. The van der Waals surface area contributed by atoms with E-state index in [9.17, 15) is 0 Å². The standard InChI is InChI=1S/C27H37Si2.3ClH.Ti/c1-19-12-11-13-24(14-19)29(10,27(6)18-21(3)22(4)23(27)5)26-16-20(2)15-25(17-26)28(7,8)9;;;;/h11-17H,1-10H3;3*1H;/q-1;;;;+4/p-3. The maximum absolute atomic E-state index is 3.98. The molecule has 1 aliphatic carbocycles. The van der Waals surface area contributed by atoms with E-state index in [0.717, 1.165) is 0 Å². The third-order valence-electron chi connectivity index (χ3n) is 7.43. The first-order valence-electron chi connectivity index (χ1n) is 10.8. The van der Waals surface area contributed by atoms with E-state index in [1.165, 1.54) is 33.0 Å². The zero-order valence-corrected chi connectivity index (χ0v) is 27.5. The predicted octanol–water partition coefficient (Wildman–Crippen LogP) is -3.09. The van der Waals surface area contributed by atoms with E-state index in [1.807, 2.05) is 0 Å². The summed E-state index contributed by atoms with van der Waals surface area (Å²) >= 11 is 0. The van der Waals surface area contributed by atoms with E-state index < -0.39 is 16.1 Å². The average molecular weight is 572 g/mol. The summed E-state index contributed by atoms with van der Waals surface area (Å²) in [7, 11) is -3.59. The van der Waals surface area contributed by atoms with Gasteiger partial charge in [0.05, 0.1) is 8.07 Å². The molecule has 0 N–H and O–H groups in total. The Hall–Kier alpha value is -0.0619. The van der Waals surface area contributed by atoms with Crippen molar-refractivity contribution in [3.63, 3.8) is 0 Å². The Balaban J connectivity index is 0. The molecule has 2 unspecified atom stereocenters. The number of allylic oxidation sites excluding steroid dienone is 4. The molecule has 1 aliphatic rings. The SMILES string of the molecule is CC1=[C-]C(C)([Si](C)(c2cccc(C)c2)c2cc(C)cc([Si](C)(C)C)c2)C(C)=C1C.[Cl-].[Cl-].[Cl-].[Ti+4]. The van der Waals surface area contributed by atoms with Gasteiger partial charge in [-0.3, -0.25) is 6.08 Å². The van der Waals surface area contributed by atoms with Gasteiger partial charge < -0.3 is 37.2 Å². The van der Waals surface area contributed by atoms with E-state index in [4.69, 9.17) is 0 Å². The van der Waals surface area contributed by atoms with Crippen molar-refractivity contribution in [2.24, 2.45) is 0 Å². The van der Waals surface area contributed by atoms with Crippen molar-refractivity contribution in [3.05, 3.63) is 76.4 Å². The fourth-order valence-corrected chi connectivity index (χ4v) is 11.1. The maximum atomic E-state index is 3.98. The monoisotopic (exact) mass is 570 g/mol. The molecule has 0 amide bonds. The first-order valence-corrected chi connectivity index (χ1v) is 16.8. The number of halogens is 3. The number of hydrogen-bond acceptors (Lipinski definition) is 0. The fraction of sp³-hybridized carbons (Fsp3) is 0.407. The minimum absolute atomic E-state index is 0. The molecule has 0 aliphatic heterocycles. The Morgan fingerprint density at radius 1 is 0.697 bits per heavy atom. The van der Waals surface area contributed by atoms with Crippen LogP contribution >= 0.6 is 0 Å². The average Bonchev–Trinajstić information content (AvgIpc) is 2.83. The molecule has 0 heterocycles. The second-order valence-electron chi connectivity index (χ2n) is 10.5. The molecular weight excluding hydrogens is 535 g/mol. The summed E-state index contributed by atoms with van der Waals surface area (Å²) in [5.74, 6) is 0. The van der Waals surface area contributed by atoms with Gasteiger partial charge in [-0.25, -0.2) is 5.57 Å². The predicted molar refractivity (Wildman–Crippen MR) is 135 cm³/mol. The molecule has 0 saturated heterocycles. The molecule has 0 bridgehead atoms. The summed E-state index contributed by atoms with van der Waals surface area (Å²) in [6.45, 7) is 23.7. The Labute approximate surface area is 238 Å². The van der Waals surface area contributed by atoms with Crippen molar-refractivity contribution in [1.29, 1.82) is 0 Å². The Bertz CT molecular complexity index is 1040. The molecule has 0 radical (unpaired) electrons. The normalized spacial score (nSPS) is 19.3. The molecule has 2 aromatic carbocycles. The molecule has 0 fully saturated rings. The van der Waals surface area contributed by atoms with E-state index >= 15 is 0 Å². The van der Waals surface area contributed by atoms with Crippen LogP contribution in [0.3, 0.4) is 0 Å². The summed E-state index contributed by atoms with van der Waals surface area (Å²) in [5.41, 5.74) is 7.00. The molecule has 3 rings (SSSR count). The van der Waals surface area contributed by atoms with Gasteiger partial charge >= 0.3 is 21.7 Å². The van der Waals surface area contributed by atoms with Gasteiger partial charge in [-0.15, -0.1) is 6.92 Å². The van der Waals surface area contributed by atoms with E-state index in [1.54, 1.807) is 10.4 Å². The largest absolute Gasteiger partial charge is 4.00 e. The van der Waals surface area contributed by atoms with Crippen LogP contribution in [-0.2, 0) is 21.7 Å². The first-order chi connectivity index (χ1) is 13.3. The van der Waals surface area contributed by atoms with Crippen LogP contribution in [0.25, 0.3) is 0 Å². The van der Waals surface area contributed by atoms with Gasteiger partial charge in [-0.1, -0.05) is 121 Å². The second kappa shape index (κ2) is 12.3. The summed E-state index contributed by atoms with van der Waals surface area (Å²) in [5, 5.41) is 4.60. The minimum atomic E-state index is -2.18. The molecule has 0 saturated carbocycles. The molecule has 6 heteroatoms. The van der Waals surface area contributed by atoms with E-state index in [0.29, 0.717) is 0 Å². The van der Waals surface area contributed by atoms with E-state index in [2.05, 4.69) is 116 Å². The van der Waals surface area contributed by atoms with Crippen molar-refractivity contribution in [2.75, 3.05) is 0 Å². The van der Waals surface area contributed by atoms with Crippen LogP contribution in [0.2, 0.25) is 31.2 Å². The number of hydrogen-bond donors (Lipinski definition) is 0. The minimum Gasteiger partial charge on any atom is -1.00 e. The smallest absolute Gasteiger partial charge is 1.00 e. The molecule has 2 aromatic rings. The maximum Gasteiger partial charge on any atom is 4.00 e. The third kappa shape index (κ3) is 6.20. The number of aryl methyl sites for hydroxylation is 2. The molecular formula is C27H37Cl3Si2Ti.